The zero-order valence-corrected chi connectivity index (χ0v) is 8.36. The molecule has 2 atom stereocenters. The molecular weight excluding hydrogens is 166 g/mol. The van der Waals surface area contributed by atoms with E-state index in [0.29, 0.717) is 0 Å². The number of nitrogens with zero attached hydrogens (tertiary/aromatic N) is 2. The first-order chi connectivity index (χ1) is 6.06. The highest BCUT2D eigenvalue weighted by Crippen LogP contribution is 2.18. The van der Waals surface area contributed by atoms with Gasteiger partial charge >= 0.3 is 0 Å². The van der Waals surface area contributed by atoms with Gasteiger partial charge in [-0.25, -0.2) is 0 Å². The molecule has 2 unspecified atom stereocenters. The molecule has 0 amide bonds. The summed E-state index contributed by atoms with van der Waals surface area (Å²) in [5.74, 6) is 0.0381. The molecule has 3 N–H and O–H groups in total. The Morgan fingerprint density at radius 1 is 1.69 bits per heavy atom. The molecule has 0 aliphatic rings. The molecule has 0 saturated carbocycles. The van der Waals surface area contributed by atoms with E-state index >= 15 is 0 Å². The number of aromatic nitrogens is 2. The number of hydrogen-bond donors (Lipinski definition) is 2. The summed E-state index contributed by atoms with van der Waals surface area (Å²) in [7, 11) is 1.88. The lowest BCUT2D eigenvalue weighted by Gasteiger charge is -2.16. The van der Waals surface area contributed by atoms with Gasteiger partial charge in [-0.15, -0.1) is 0 Å². The molecule has 1 aromatic rings. The summed E-state index contributed by atoms with van der Waals surface area (Å²) in [5.41, 5.74) is 7.38. The molecule has 0 saturated heterocycles. The van der Waals surface area contributed by atoms with Crippen LogP contribution in [0.1, 0.15) is 24.2 Å². The SMILES string of the molecule is Cc1cc(C(C)C(O)CN)n(C)n1. The van der Waals surface area contributed by atoms with Gasteiger partial charge in [0.2, 0.25) is 0 Å². The Hall–Kier alpha value is -0.870. The van der Waals surface area contributed by atoms with E-state index in [1.54, 1.807) is 4.68 Å². The zero-order valence-electron chi connectivity index (χ0n) is 8.36. The number of nitrogens with two attached hydrogens (primary N) is 1. The predicted octanol–water partition coefficient (Wildman–Crippen LogP) is 0.152. The van der Waals surface area contributed by atoms with Crippen LogP contribution in [0.2, 0.25) is 0 Å². The molecule has 0 aliphatic carbocycles. The molecule has 1 aromatic heterocycles. The average molecular weight is 183 g/mol. The number of aryl methyl sites for hydroxylation is 2. The van der Waals surface area contributed by atoms with Crippen LogP contribution in [-0.2, 0) is 7.05 Å². The van der Waals surface area contributed by atoms with Crippen LogP contribution in [0.3, 0.4) is 0 Å². The van der Waals surface area contributed by atoms with Gasteiger partial charge in [-0.1, -0.05) is 6.92 Å². The van der Waals surface area contributed by atoms with Gasteiger partial charge in [0.15, 0.2) is 0 Å². The van der Waals surface area contributed by atoms with Crippen molar-refractivity contribution in [3.8, 4) is 0 Å². The Balaban J connectivity index is 2.87. The van der Waals surface area contributed by atoms with Crippen LogP contribution in [0, 0.1) is 6.92 Å². The molecule has 0 aromatic carbocycles. The number of rotatable bonds is 3. The fourth-order valence-electron chi connectivity index (χ4n) is 1.46. The third kappa shape index (κ3) is 2.08. The highest BCUT2D eigenvalue weighted by Gasteiger charge is 2.18. The normalized spacial score (nSPS) is 15.8. The van der Waals surface area contributed by atoms with Gasteiger partial charge < -0.3 is 10.8 Å². The number of hydrogen-bond acceptors (Lipinski definition) is 3. The summed E-state index contributed by atoms with van der Waals surface area (Å²) in [6.07, 6.45) is -0.491. The van der Waals surface area contributed by atoms with Gasteiger partial charge in [-0.3, -0.25) is 4.68 Å². The van der Waals surface area contributed by atoms with Crippen molar-refractivity contribution in [3.63, 3.8) is 0 Å². The van der Waals surface area contributed by atoms with Crippen LogP contribution in [0.4, 0.5) is 0 Å². The molecule has 1 heterocycles. The van der Waals surface area contributed by atoms with E-state index in [-0.39, 0.29) is 12.5 Å². The van der Waals surface area contributed by atoms with Crippen LogP contribution < -0.4 is 5.73 Å². The largest absolute Gasteiger partial charge is 0.391 e. The molecule has 0 spiro atoms. The fraction of sp³-hybridized carbons (Fsp3) is 0.667. The van der Waals surface area contributed by atoms with Crippen molar-refractivity contribution < 1.29 is 5.11 Å². The average Bonchev–Trinajstić information content (AvgIpc) is 2.42. The molecule has 74 valence electrons. The van der Waals surface area contributed by atoms with Gasteiger partial charge in [0.05, 0.1) is 11.8 Å². The summed E-state index contributed by atoms with van der Waals surface area (Å²) in [6.45, 7) is 4.17. The van der Waals surface area contributed by atoms with Crippen molar-refractivity contribution in [1.29, 1.82) is 0 Å². The second-order valence-corrected chi connectivity index (χ2v) is 3.43. The number of aliphatic hydroxyl groups is 1. The lowest BCUT2D eigenvalue weighted by Crippen LogP contribution is -2.26. The quantitative estimate of drug-likeness (QED) is 0.701. The van der Waals surface area contributed by atoms with Crippen LogP contribution in [0.15, 0.2) is 6.07 Å². The second-order valence-electron chi connectivity index (χ2n) is 3.43. The Morgan fingerprint density at radius 2 is 2.31 bits per heavy atom. The van der Waals surface area contributed by atoms with E-state index < -0.39 is 6.10 Å². The van der Waals surface area contributed by atoms with Crippen molar-refractivity contribution in [2.45, 2.75) is 25.9 Å². The molecule has 0 fully saturated rings. The standard InChI is InChI=1S/C9H17N3O/c1-6-4-8(12(3)11-6)7(2)9(13)5-10/h4,7,9,13H,5,10H2,1-3H3. The molecule has 0 aliphatic heterocycles. The number of aliphatic hydroxyl groups excluding tert-OH is 1. The molecule has 0 bridgehead atoms. The first-order valence-corrected chi connectivity index (χ1v) is 4.45. The van der Waals surface area contributed by atoms with Crippen molar-refractivity contribution in [3.05, 3.63) is 17.5 Å². The maximum absolute atomic E-state index is 9.55. The van der Waals surface area contributed by atoms with Gasteiger partial charge in [0.1, 0.15) is 0 Å². The summed E-state index contributed by atoms with van der Waals surface area (Å²) in [5, 5.41) is 13.8. The highest BCUT2D eigenvalue weighted by atomic mass is 16.3. The van der Waals surface area contributed by atoms with E-state index in [0.717, 1.165) is 11.4 Å². The minimum absolute atomic E-state index is 0.0381. The molecular formula is C9H17N3O. The first-order valence-electron chi connectivity index (χ1n) is 4.45. The van der Waals surface area contributed by atoms with Crippen LogP contribution >= 0.6 is 0 Å². The van der Waals surface area contributed by atoms with Crippen LogP contribution in [0.25, 0.3) is 0 Å². The maximum atomic E-state index is 9.55. The monoisotopic (exact) mass is 183 g/mol. The van der Waals surface area contributed by atoms with Crippen molar-refractivity contribution in [2.75, 3.05) is 6.54 Å². The minimum Gasteiger partial charge on any atom is -0.391 e. The van der Waals surface area contributed by atoms with E-state index in [1.165, 1.54) is 0 Å². The minimum atomic E-state index is -0.491. The van der Waals surface area contributed by atoms with Gasteiger partial charge in [0.25, 0.3) is 0 Å². The summed E-state index contributed by atoms with van der Waals surface area (Å²) in [4.78, 5) is 0. The lowest BCUT2D eigenvalue weighted by molar-refractivity contribution is 0.154. The van der Waals surface area contributed by atoms with Gasteiger partial charge in [-0.05, 0) is 13.0 Å². The van der Waals surface area contributed by atoms with Gasteiger partial charge in [0, 0.05) is 25.2 Å². The first kappa shape index (κ1) is 10.2. The Morgan fingerprint density at radius 3 is 2.69 bits per heavy atom. The zero-order chi connectivity index (χ0) is 10.0. The third-order valence-electron chi connectivity index (χ3n) is 2.32. The van der Waals surface area contributed by atoms with Crippen molar-refractivity contribution in [2.24, 2.45) is 12.8 Å². The van der Waals surface area contributed by atoms with Crippen molar-refractivity contribution >= 4 is 0 Å². The van der Waals surface area contributed by atoms with Crippen LogP contribution in [0.5, 0.6) is 0 Å². The molecule has 4 heteroatoms. The van der Waals surface area contributed by atoms with Gasteiger partial charge in [-0.2, -0.15) is 5.10 Å². The van der Waals surface area contributed by atoms with E-state index in [9.17, 15) is 5.11 Å². The summed E-state index contributed by atoms with van der Waals surface area (Å²) in [6, 6.07) is 1.98. The van der Waals surface area contributed by atoms with E-state index in [1.807, 2.05) is 27.0 Å². The molecule has 1 rings (SSSR count). The highest BCUT2D eigenvalue weighted by molar-refractivity contribution is 5.14. The second kappa shape index (κ2) is 3.89. The smallest absolute Gasteiger partial charge is 0.0743 e. The van der Waals surface area contributed by atoms with E-state index in [4.69, 9.17) is 5.73 Å². The topological polar surface area (TPSA) is 64.1 Å². The molecule has 13 heavy (non-hydrogen) atoms. The maximum Gasteiger partial charge on any atom is 0.0743 e. The Kier molecular flexibility index (Phi) is 3.06. The molecule has 0 radical (unpaired) electrons. The van der Waals surface area contributed by atoms with E-state index in [2.05, 4.69) is 5.10 Å². The van der Waals surface area contributed by atoms with Crippen LogP contribution in [-0.4, -0.2) is 27.5 Å². The predicted molar refractivity (Wildman–Crippen MR) is 51.4 cm³/mol. The third-order valence-corrected chi connectivity index (χ3v) is 2.32. The molecule has 4 nitrogen and oxygen atoms in total. The Bertz CT molecular complexity index is 282. The lowest BCUT2D eigenvalue weighted by atomic mass is 10.0. The fourth-order valence-corrected chi connectivity index (χ4v) is 1.46. The van der Waals surface area contributed by atoms with Crippen molar-refractivity contribution in [1.82, 2.24) is 9.78 Å². The Labute approximate surface area is 78.4 Å². The summed E-state index contributed by atoms with van der Waals surface area (Å²) >= 11 is 0. The summed E-state index contributed by atoms with van der Waals surface area (Å²) < 4.78 is 1.79.